The molecule has 1 aliphatic heterocycles. The molecule has 9 heteroatoms. The zero-order valence-electron chi connectivity index (χ0n) is 19.1. The summed E-state index contributed by atoms with van der Waals surface area (Å²) in [7, 11) is -3.37. The van der Waals surface area contributed by atoms with Gasteiger partial charge >= 0.3 is 0 Å². The summed E-state index contributed by atoms with van der Waals surface area (Å²) in [4.78, 5) is 24.9. The second kappa shape index (κ2) is 11.2. The van der Waals surface area contributed by atoms with Crippen molar-refractivity contribution in [3.8, 4) is 5.75 Å². The smallest absolute Gasteiger partial charge is 0.269 e. The van der Waals surface area contributed by atoms with Gasteiger partial charge in [0.25, 0.3) is 11.8 Å². The Morgan fingerprint density at radius 1 is 0.970 bits per heavy atom. The van der Waals surface area contributed by atoms with Crippen LogP contribution in [0.5, 0.6) is 5.75 Å². The van der Waals surface area contributed by atoms with E-state index < -0.39 is 21.8 Å². The van der Waals surface area contributed by atoms with Crippen molar-refractivity contribution in [1.82, 2.24) is 10.9 Å². The predicted molar refractivity (Wildman–Crippen MR) is 128 cm³/mol. The number of nitrogens with one attached hydrogen (secondary N) is 2. The van der Waals surface area contributed by atoms with Crippen LogP contribution in [0.1, 0.15) is 65.3 Å². The Morgan fingerprint density at radius 3 is 2.30 bits per heavy atom. The molecule has 2 aromatic rings. The number of carbonyl (C=O) groups is 2. The Bertz CT molecular complexity index is 1080. The summed E-state index contributed by atoms with van der Waals surface area (Å²) in [6.07, 6.45) is 7.04. The number of amides is 2. The number of anilines is 1. The summed E-state index contributed by atoms with van der Waals surface area (Å²) in [5, 5.41) is 0. The normalized spacial score (nSPS) is 13.2. The van der Waals surface area contributed by atoms with Gasteiger partial charge in [-0.25, -0.2) is 8.42 Å². The molecule has 0 spiro atoms. The SMILES string of the molecule is CCCCCCOc1ccc(C(=O)NNC(=O)c2ccc3c(c2)CCCN3S(C)(=O)=O)cc1. The lowest BCUT2D eigenvalue weighted by molar-refractivity contribution is 0.0846. The van der Waals surface area contributed by atoms with E-state index in [2.05, 4.69) is 17.8 Å². The maximum atomic E-state index is 12.5. The zero-order valence-corrected chi connectivity index (χ0v) is 19.9. The molecule has 1 aliphatic rings. The molecule has 0 unspecified atom stereocenters. The van der Waals surface area contributed by atoms with E-state index in [0.29, 0.717) is 48.6 Å². The number of ether oxygens (including phenoxy) is 1. The molecule has 0 aliphatic carbocycles. The van der Waals surface area contributed by atoms with Crippen LogP contribution in [-0.2, 0) is 16.4 Å². The fourth-order valence-electron chi connectivity index (χ4n) is 3.73. The number of rotatable bonds is 9. The van der Waals surface area contributed by atoms with Crippen LogP contribution >= 0.6 is 0 Å². The van der Waals surface area contributed by atoms with Gasteiger partial charge in [0.05, 0.1) is 18.6 Å². The maximum Gasteiger partial charge on any atom is 0.269 e. The minimum atomic E-state index is -3.37. The maximum absolute atomic E-state index is 12.5. The minimum Gasteiger partial charge on any atom is -0.494 e. The van der Waals surface area contributed by atoms with Crippen LogP contribution in [0.4, 0.5) is 5.69 Å². The molecule has 2 N–H and O–H groups in total. The second-order valence-electron chi connectivity index (χ2n) is 8.12. The predicted octanol–water partition coefficient (Wildman–Crippen LogP) is 3.43. The lowest BCUT2D eigenvalue weighted by atomic mass is 10.0. The van der Waals surface area contributed by atoms with E-state index in [0.717, 1.165) is 18.4 Å². The highest BCUT2D eigenvalue weighted by Crippen LogP contribution is 2.29. The van der Waals surface area contributed by atoms with E-state index in [-0.39, 0.29) is 0 Å². The molecular weight excluding hydrogens is 442 g/mol. The van der Waals surface area contributed by atoms with Crippen molar-refractivity contribution in [3.05, 3.63) is 59.2 Å². The Hall–Kier alpha value is -3.07. The van der Waals surface area contributed by atoms with Crippen LogP contribution < -0.4 is 19.9 Å². The summed E-state index contributed by atoms with van der Waals surface area (Å²) in [5.41, 5.74) is 6.94. The van der Waals surface area contributed by atoms with Gasteiger partial charge in [0.15, 0.2) is 0 Å². The number of fused-ring (bicyclic) bond motifs is 1. The molecule has 33 heavy (non-hydrogen) atoms. The molecule has 0 saturated carbocycles. The van der Waals surface area contributed by atoms with Gasteiger partial charge in [-0.1, -0.05) is 26.2 Å². The zero-order chi connectivity index (χ0) is 23.8. The fourth-order valence-corrected chi connectivity index (χ4v) is 4.72. The van der Waals surface area contributed by atoms with Crippen LogP contribution in [0.2, 0.25) is 0 Å². The molecule has 0 aromatic heterocycles. The van der Waals surface area contributed by atoms with Crippen molar-refractivity contribution in [2.45, 2.75) is 45.4 Å². The van der Waals surface area contributed by atoms with Gasteiger partial charge in [0.1, 0.15) is 5.75 Å². The van der Waals surface area contributed by atoms with Crippen LogP contribution in [0.3, 0.4) is 0 Å². The van der Waals surface area contributed by atoms with E-state index >= 15 is 0 Å². The molecule has 0 bridgehead atoms. The molecule has 0 atom stereocenters. The topological polar surface area (TPSA) is 105 Å². The molecule has 2 amide bonds. The first-order chi connectivity index (χ1) is 15.8. The van der Waals surface area contributed by atoms with E-state index in [4.69, 9.17) is 4.74 Å². The number of hydrogen-bond acceptors (Lipinski definition) is 5. The average Bonchev–Trinajstić information content (AvgIpc) is 2.81. The number of hydrazine groups is 1. The van der Waals surface area contributed by atoms with E-state index in [1.807, 2.05) is 0 Å². The van der Waals surface area contributed by atoms with Crippen LogP contribution in [-0.4, -0.2) is 39.6 Å². The van der Waals surface area contributed by atoms with Crippen LogP contribution in [0, 0.1) is 0 Å². The molecular formula is C24H31N3O5S. The number of hydrogen-bond donors (Lipinski definition) is 2. The van der Waals surface area contributed by atoms with Gasteiger partial charge in [-0.15, -0.1) is 0 Å². The third kappa shape index (κ3) is 6.71. The first-order valence-electron chi connectivity index (χ1n) is 11.2. The fraction of sp³-hybridized carbons (Fsp3) is 0.417. The first-order valence-corrected chi connectivity index (χ1v) is 13.1. The van der Waals surface area contributed by atoms with E-state index in [9.17, 15) is 18.0 Å². The minimum absolute atomic E-state index is 0.344. The molecule has 0 saturated heterocycles. The van der Waals surface area contributed by atoms with Crippen LogP contribution in [0.25, 0.3) is 0 Å². The molecule has 0 fully saturated rings. The van der Waals surface area contributed by atoms with Crippen molar-refractivity contribution in [3.63, 3.8) is 0 Å². The van der Waals surface area contributed by atoms with Gasteiger partial charge in [0, 0.05) is 17.7 Å². The largest absolute Gasteiger partial charge is 0.494 e. The van der Waals surface area contributed by atoms with E-state index in [1.54, 1.807) is 42.5 Å². The van der Waals surface area contributed by atoms with Gasteiger partial charge in [-0.2, -0.15) is 0 Å². The summed E-state index contributed by atoms with van der Waals surface area (Å²) in [5.74, 6) is -0.224. The van der Waals surface area contributed by atoms with Crippen molar-refractivity contribution < 1.29 is 22.7 Å². The standard InChI is InChI=1S/C24H31N3O5S/c1-3-4-5-6-16-32-21-12-9-18(10-13-21)23(28)25-26-24(29)20-11-14-22-19(17-20)8-7-15-27(22)33(2,30)31/h9-14,17H,3-8,15-16H2,1-2H3,(H,25,28)(H,26,29). The van der Waals surface area contributed by atoms with Crippen molar-refractivity contribution in [1.29, 1.82) is 0 Å². The summed E-state index contributed by atoms with van der Waals surface area (Å²) in [6.45, 7) is 3.23. The molecule has 1 heterocycles. The van der Waals surface area contributed by atoms with Gasteiger partial charge in [0.2, 0.25) is 10.0 Å². The number of benzene rings is 2. The number of nitrogens with zero attached hydrogens (tertiary/aromatic N) is 1. The third-order valence-corrected chi connectivity index (χ3v) is 6.67. The highest BCUT2D eigenvalue weighted by molar-refractivity contribution is 7.92. The molecule has 3 rings (SSSR count). The highest BCUT2D eigenvalue weighted by Gasteiger charge is 2.24. The van der Waals surface area contributed by atoms with Crippen molar-refractivity contribution in [2.75, 3.05) is 23.7 Å². The van der Waals surface area contributed by atoms with Crippen molar-refractivity contribution in [2.24, 2.45) is 0 Å². The number of carbonyl (C=O) groups excluding carboxylic acids is 2. The molecule has 0 radical (unpaired) electrons. The second-order valence-corrected chi connectivity index (χ2v) is 10.0. The Morgan fingerprint density at radius 2 is 1.64 bits per heavy atom. The lowest BCUT2D eigenvalue weighted by Crippen LogP contribution is -2.41. The summed E-state index contributed by atoms with van der Waals surface area (Å²) in [6, 6.07) is 11.6. The van der Waals surface area contributed by atoms with Crippen molar-refractivity contribution >= 4 is 27.5 Å². The first kappa shape index (κ1) is 24.6. The molecule has 178 valence electrons. The van der Waals surface area contributed by atoms with Crippen LogP contribution in [0.15, 0.2) is 42.5 Å². The molecule has 2 aromatic carbocycles. The quantitative estimate of drug-likeness (QED) is 0.429. The average molecular weight is 474 g/mol. The van der Waals surface area contributed by atoms with E-state index in [1.165, 1.54) is 23.4 Å². The number of aryl methyl sites for hydroxylation is 1. The number of unbranched alkanes of at least 4 members (excludes halogenated alkanes) is 3. The highest BCUT2D eigenvalue weighted by atomic mass is 32.2. The third-order valence-electron chi connectivity index (χ3n) is 5.49. The van der Waals surface area contributed by atoms with Gasteiger partial charge in [-0.05, 0) is 67.3 Å². The summed E-state index contributed by atoms with van der Waals surface area (Å²) < 4.78 is 31.0. The van der Waals surface area contributed by atoms with Gasteiger partial charge < -0.3 is 4.74 Å². The Balaban J connectivity index is 1.54. The lowest BCUT2D eigenvalue weighted by Gasteiger charge is -2.29. The molecule has 8 nitrogen and oxygen atoms in total. The summed E-state index contributed by atoms with van der Waals surface area (Å²) >= 11 is 0. The monoisotopic (exact) mass is 473 g/mol. The number of sulfonamides is 1. The Kier molecular flexibility index (Phi) is 8.32. The van der Waals surface area contributed by atoms with Gasteiger partial charge in [-0.3, -0.25) is 24.7 Å². The Labute approximate surface area is 195 Å².